The summed E-state index contributed by atoms with van der Waals surface area (Å²) in [4.78, 5) is 2.09. The molecule has 6 rings (SSSR count). The highest BCUT2D eigenvalue weighted by Crippen LogP contribution is 2.39. The molecule has 2 unspecified atom stereocenters. The van der Waals surface area contributed by atoms with Crippen LogP contribution in [0.3, 0.4) is 0 Å². The van der Waals surface area contributed by atoms with Gasteiger partial charge >= 0.3 is 0 Å². The molecule has 0 amide bonds. The predicted octanol–water partition coefficient (Wildman–Crippen LogP) is 3.89. The summed E-state index contributed by atoms with van der Waals surface area (Å²) < 4.78 is 24.9. The molecular weight excluding hydrogens is 412 g/mol. The molecule has 7 nitrogen and oxygen atoms in total. The summed E-state index contributed by atoms with van der Waals surface area (Å²) in [7, 11) is 1.94. The van der Waals surface area contributed by atoms with Crippen molar-refractivity contribution in [3.05, 3.63) is 36.0 Å². The molecule has 2 aliphatic heterocycles. The zero-order valence-electron chi connectivity index (χ0n) is 21.5. The number of nitrogens with one attached hydrogen (secondary N) is 1. The molecule has 2 aromatic heterocycles. The van der Waals surface area contributed by atoms with Gasteiger partial charge in [-0.25, -0.2) is 0 Å². The number of ether oxygens (including phenoxy) is 1. The van der Waals surface area contributed by atoms with E-state index >= 15 is 0 Å². The van der Waals surface area contributed by atoms with Gasteiger partial charge in [0, 0.05) is 59.2 Å². The van der Waals surface area contributed by atoms with Gasteiger partial charge in [-0.1, -0.05) is 6.07 Å². The topological polar surface area (TPSA) is 68.1 Å². The van der Waals surface area contributed by atoms with Gasteiger partial charge in [0.2, 0.25) is 0 Å². The Labute approximate surface area is 198 Å². The maximum absolute atomic E-state index is 8.75. The van der Waals surface area contributed by atoms with E-state index in [1.54, 1.807) is 0 Å². The number of hydrogen-bond donors (Lipinski definition) is 1. The molecule has 33 heavy (non-hydrogen) atoms. The lowest BCUT2D eigenvalue weighted by Crippen LogP contribution is -2.33. The Balaban J connectivity index is 1.08. The number of fused-ring (bicyclic) bond motifs is 2. The monoisotopic (exact) mass is 448 g/mol. The fraction of sp³-hybridized carbons (Fsp3) is 0.577. The molecule has 0 bridgehead atoms. The van der Waals surface area contributed by atoms with Gasteiger partial charge < -0.3 is 15.0 Å². The molecule has 1 aliphatic carbocycles. The molecule has 1 saturated carbocycles. The molecular formula is C26H34N6O. The van der Waals surface area contributed by atoms with E-state index in [-0.39, 0.29) is 5.92 Å². The van der Waals surface area contributed by atoms with Crippen LogP contribution in [0.5, 0.6) is 0 Å². The van der Waals surface area contributed by atoms with Crippen LogP contribution in [0.2, 0.25) is 0 Å². The number of aryl methyl sites for hydroxylation is 2. The fourth-order valence-corrected chi connectivity index (χ4v) is 6.01. The van der Waals surface area contributed by atoms with Crippen molar-refractivity contribution in [2.75, 3.05) is 38.1 Å². The van der Waals surface area contributed by atoms with Gasteiger partial charge in [0.15, 0.2) is 0 Å². The average molecular weight is 449 g/mol. The van der Waals surface area contributed by atoms with Crippen LogP contribution in [0, 0.1) is 24.7 Å². The zero-order valence-corrected chi connectivity index (χ0v) is 19.5. The zero-order chi connectivity index (χ0) is 24.2. The summed E-state index contributed by atoms with van der Waals surface area (Å²) in [6.07, 6.45) is 6.04. The molecule has 3 aliphatic rings. The third kappa shape index (κ3) is 4.24. The SMILES string of the molecule is [2H]C([2H])([C@@H]1CCCOC1)N1CC2CC(Nc3ccc(-c4ccc5nn(C)cc5c4C)nn3)CC2C1. The average Bonchev–Trinajstić information content (AvgIpc) is 3.54. The predicted molar refractivity (Wildman–Crippen MR) is 130 cm³/mol. The molecule has 1 N–H and O–H groups in total. The number of anilines is 1. The second-order valence-electron chi connectivity index (χ2n) is 10.1. The Morgan fingerprint density at radius 2 is 2.00 bits per heavy atom. The van der Waals surface area contributed by atoms with Crippen LogP contribution in [-0.2, 0) is 11.8 Å². The molecule has 3 atom stereocenters. The van der Waals surface area contributed by atoms with E-state index in [9.17, 15) is 0 Å². The molecule has 4 heterocycles. The molecule has 2 saturated heterocycles. The van der Waals surface area contributed by atoms with Crippen LogP contribution in [0.25, 0.3) is 22.2 Å². The first-order valence-electron chi connectivity index (χ1n) is 13.2. The highest BCUT2D eigenvalue weighted by atomic mass is 16.5. The standard InChI is InChI=1S/C26H34N6O/c1-17-22(5-6-25-23(17)15-31(2)30-25)24-7-8-26(29-28-24)27-21-10-19-13-32(14-20(19)11-21)12-18-4-3-9-33-16-18/h5-8,15,18-21H,3-4,9-14,16H2,1-2H3,(H,27,29)/t18-,19?,20?,21?/m0/s1/i12D2. The van der Waals surface area contributed by atoms with Crippen molar-refractivity contribution >= 4 is 16.7 Å². The molecule has 1 aromatic carbocycles. The Kier molecular flexibility index (Phi) is 4.97. The molecule has 0 radical (unpaired) electrons. The minimum atomic E-state index is -1.27. The lowest BCUT2D eigenvalue weighted by atomic mass is 10.0. The van der Waals surface area contributed by atoms with Crippen molar-refractivity contribution in [3.8, 4) is 11.3 Å². The van der Waals surface area contributed by atoms with E-state index in [0.29, 0.717) is 24.5 Å². The van der Waals surface area contributed by atoms with Gasteiger partial charge in [-0.2, -0.15) is 5.10 Å². The maximum atomic E-state index is 8.75. The third-order valence-electron chi connectivity index (χ3n) is 7.64. The lowest BCUT2D eigenvalue weighted by molar-refractivity contribution is 0.0407. The summed E-state index contributed by atoms with van der Waals surface area (Å²) in [5.74, 6) is 1.87. The Hall–Kier alpha value is -2.51. The van der Waals surface area contributed by atoms with Crippen molar-refractivity contribution in [3.63, 3.8) is 0 Å². The van der Waals surface area contributed by atoms with E-state index in [2.05, 4.69) is 38.5 Å². The van der Waals surface area contributed by atoms with E-state index in [1.165, 1.54) is 5.56 Å². The first-order chi connectivity index (χ1) is 16.9. The third-order valence-corrected chi connectivity index (χ3v) is 7.64. The van der Waals surface area contributed by atoms with E-state index in [0.717, 1.165) is 73.4 Å². The number of aromatic nitrogens is 4. The van der Waals surface area contributed by atoms with Crippen LogP contribution < -0.4 is 5.32 Å². The summed E-state index contributed by atoms with van der Waals surface area (Å²) in [5.41, 5.74) is 4.10. The van der Waals surface area contributed by atoms with Crippen LogP contribution in [0.1, 0.15) is 34.0 Å². The van der Waals surface area contributed by atoms with Crippen molar-refractivity contribution in [1.82, 2.24) is 24.9 Å². The number of hydrogen-bond acceptors (Lipinski definition) is 6. The van der Waals surface area contributed by atoms with Crippen LogP contribution in [0.15, 0.2) is 30.5 Å². The molecule has 0 spiro atoms. The minimum Gasteiger partial charge on any atom is -0.381 e. The summed E-state index contributed by atoms with van der Waals surface area (Å²) in [5, 5.41) is 18.2. The Morgan fingerprint density at radius 3 is 2.73 bits per heavy atom. The number of likely N-dealkylation sites (tertiary alicyclic amines) is 1. The number of benzene rings is 1. The van der Waals surface area contributed by atoms with E-state index < -0.39 is 6.50 Å². The van der Waals surface area contributed by atoms with Gasteiger partial charge in [0.05, 0.1) is 17.8 Å². The van der Waals surface area contributed by atoms with Gasteiger partial charge in [-0.05, 0) is 74.1 Å². The number of nitrogens with zero attached hydrogens (tertiary/aromatic N) is 5. The first kappa shape index (κ1) is 18.9. The molecule has 174 valence electrons. The maximum Gasteiger partial charge on any atom is 0.148 e. The summed E-state index contributed by atoms with van der Waals surface area (Å²) in [6, 6.07) is 8.54. The van der Waals surface area contributed by atoms with Gasteiger partial charge in [0.1, 0.15) is 5.82 Å². The van der Waals surface area contributed by atoms with Crippen molar-refractivity contribution in [2.45, 2.75) is 38.6 Å². The van der Waals surface area contributed by atoms with Gasteiger partial charge in [-0.3, -0.25) is 4.68 Å². The molecule has 3 fully saturated rings. The highest BCUT2D eigenvalue weighted by Gasteiger charge is 2.41. The lowest BCUT2D eigenvalue weighted by Gasteiger charge is -2.27. The molecule has 7 heteroatoms. The van der Waals surface area contributed by atoms with Crippen molar-refractivity contribution in [2.24, 2.45) is 24.8 Å². The second kappa shape index (κ2) is 8.69. The summed E-state index contributed by atoms with van der Waals surface area (Å²) >= 11 is 0. The van der Waals surface area contributed by atoms with Crippen LogP contribution >= 0.6 is 0 Å². The first-order valence-corrected chi connectivity index (χ1v) is 12.2. The van der Waals surface area contributed by atoms with Gasteiger partial charge in [-0.15, -0.1) is 10.2 Å². The van der Waals surface area contributed by atoms with Crippen molar-refractivity contribution in [1.29, 1.82) is 0 Å². The van der Waals surface area contributed by atoms with E-state index in [1.807, 2.05) is 36.1 Å². The second-order valence-corrected chi connectivity index (χ2v) is 10.1. The smallest absolute Gasteiger partial charge is 0.148 e. The normalized spacial score (nSPS) is 29.2. The van der Waals surface area contributed by atoms with Crippen molar-refractivity contribution < 1.29 is 7.48 Å². The Bertz CT molecular complexity index is 1190. The fourth-order valence-electron chi connectivity index (χ4n) is 6.01. The Morgan fingerprint density at radius 1 is 1.15 bits per heavy atom. The van der Waals surface area contributed by atoms with Crippen LogP contribution in [0.4, 0.5) is 5.82 Å². The minimum absolute atomic E-state index is 0.0136. The van der Waals surface area contributed by atoms with E-state index in [4.69, 9.17) is 7.48 Å². The largest absolute Gasteiger partial charge is 0.381 e. The van der Waals surface area contributed by atoms with Crippen LogP contribution in [-0.4, -0.2) is 63.7 Å². The highest BCUT2D eigenvalue weighted by molar-refractivity contribution is 5.88. The molecule has 3 aromatic rings. The summed E-state index contributed by atoms with van der Waals surface area (Å²) in [6.45, 7) is 3.84. The number of rotatable bonds is 5. The quantitative estimate of drug-likeness (QED) is 0.639. The van der Waals surface area contributed by atoms with Gasteiger partial charge in [0.25, 0.3) is 0 Å².